The van der Waals surface area contributed by atoms with E-state index >= 15 is 0 Å². The number of ether oxygens (including phenoxy) is 2. The van der Waals surface area contributed by atoms with E-state index in [1.807, 2.05) is 6.08 Å². The summed E-state index contributed by atoms with van der Waals surface area (Å²) in [4.78, 5) is 13.1. The number of amides is 1. The molecule has 386 valence electrons. The second kappa shape index (κ2) is 45.5. The molecular weight excluding hydrogens is 831 g/mol. The van der Waals surface area contributed by atoms with Crippen LogP contribution in [0.25, 0.3) is 0 Å². The lowest BCUT2D eigenvalue weighted by atomic mass is 9.99. The summed E-state index contributed by atoms with van der Waals surface area (Å²) in [6, 6.07) is -0.998. The minimum atomic E-state index is -1.62. The van der Waals surface area contributed by atoms with Gasteiger partial charge in [0.25, 0.3) is 0 Å². The minimum absolute atomic E-state index is 0.301. The highest BCUT2D eigenvalue weighted by Crippen LogP contribution is 2.23. The lowest BCUT2D eigenvalue weighted by Gasteiger charge is -2.40. The summed E-state index contributed by atoms with van der Waals surface area (Å²) in [6.07, 6.45) is 49.3. The first-order chi connectivity index (χ1) is 32.3. The van der Waals surface area contributed by atoms with Crippen molar-refractivity contribution in [1.29, 1.82) is 0 Å². The van der Waals surface area contributed by atoms with Crippen LogP contribution in [0, 0.1) is 0 Å². The number of carbonyl (C=O) groups excluding carboxylic acids is 1. The Bertz CT molecular complexity index is 1190. The minimum Gasteiger partial charge on any atom is -0.394 e. The average Bonchev–Trinajstić information content (AvgIpc) is 3.32. The molecule has 10 heteroatoms. The van der Waals surface area contributed by atoms with Crippen molar-refractivity contribution in [2.24, 2.45) is 0 Å². The SMILES string of the molecule is CCCCCCCCC/C=C/CC/C=C/C(O)C(COC1OC(CO)C(O)C(O)C1O)NC(=O)C(O)CCCCCCCCCCCCCC/C=C\C/C=C\CCCCCCCCCCC. The molecule has 0 radical (unpaired) electrons. The standard InChI is InChI=1S/C56H103NO9/c1-3-5-7-9-11-13-15-17-18-19-20-21-22-23-24-25-26-27-28-29-30-31-33-35-37-39-41-43-45-50(60)55(64)57-48(47-65-56-54(63)53(62)52(61)51(46-58)66-56)49(59)44-42-40-38-36-34-32-16-14-12-10-8-6-4-2/h20-21,23-24,34,36,42,44,48-54,56,58-63H,3-19,22,25-33,35,37-41,43,45-47H2,1-2H3,(H,57,64)/b21-20-,24-23-,36-34+,44-42+. The van der Waals surface area contributed by atoms with E-state index in [4.69, 9.17) is 9.47 Å². The first-order valence-corrected chi connectivity index (χ1v) is 27.5. The Balaban J connectivity index is 2.24. The lowest BCUT2D eigenvalue weighted by molar-refractivity contribution is -0.302. The normalized spacial score (nSPS) is 20.6. The molecular formula is C56H103NO9. The summed E-state index contributed by atoms with van der Waals surface area (Å²) >= 11 is 0. The Morgan fingerprint density at radius 3 is 1.41 bits per heavy atom. The van der Waals surface area contributed by atoms with Crippen LogP contribution >= 0.6 is 0 Å². The predicted molar refractivity (Wildman–Crippen MR) is 273 cm³/mol. The molecule has 1 amide bonds. The molecule has 66 heavy (non-hydrogen) atoms. The third-order valence-electron chi connectivity index (χ3n) is 13.0. The van der Waals surface area contributed by atoms with Crippen molar-refractivity contribution in [2.75, 3.05) is 13.2 Å². The summed E-state index contributed by atoms with van der Waals surface area (Å²) in [7, 11) is 0. The van der Waals surface area contributed by atoms with Crippen LogP contribution in [0.1, 0.15) is 239 Å². The Hall–Kier alpha value is -1.89. The summed E-state index contributed by atoms with van der Waals surface area (Å²) in [5.41, 5.74) is 0. The predicted octanol–water partition coefficient (Wildman–Crippen LogP) is 11.9. The van der Waals surface area contributed by atoms with Gasteiger partial charge in [0.05, 0.1) is 25.4 Å². The molecule has 10 nitrogen and oxygen atoms in total. The fourth-order valence-corrected chi connectivity index (χ4v) is 8.50. The van der Waals surface area contributed by atoms with Crippen molar-refractivity contribution in [3.8, 4) is 0 Å². The zero-order valence-electron chi connectivity index (χ0n) is 42.3. The van der Waals surface area contributed by atoms with Crippen molar-refractivity contribution in [1.82, 2.24) is 5.32 Å². The molecule has 0 bridgehead atoms. The van der Waals surface area contributed by atoms with Gasteiger partial charge in [-0.2, -0.15) is 0 Å². The van der Waals surface area contributed by atoms with Gasteiger partial charge in [0.2, 0.25) is 5.91 Å². The summed E-state index contributed by atoms with van der Waals surface area (Å²) in [5.74, 6) is -0.628. The lowest BCUT2D eigenvalue weighted by Crippen LogP contribution is -2.60. The first-order valence-electron chi connectivity index (χ1n) is 27.5. The van der Waals surface area contributed by atoms with Crippen LogP contribution < -0.4 is 5.32 Å². The first kappa shape index (κ1) is 62.1. The Morgan fingerprint density at radius 1 is 0.530 bits per heavy atom. The third-order valence-corrected chi connectivity index (χ3v) is 13.0. The average molecular weight is 934 g/mol. The molecule has 0 aromatic rings. The van der Waals surface area contributed by atoms with Crippen LogP contribution in [-0.4, -0.2) is 98.7 Å². The number of nitrogens with one attached hydrogen (secondary N) is 1. The Kier molecular flexibility index (Phi) is 42.9. The van der Waals surface area contributed by atoms with Crippen LogP contribution in [0.5, 0.6) is 0 Å². The number of rotatable bonds is 46. The fourth-order valence-electron chi connectivity index (χ4n) is 8.50. The van der Waals surface area contributed by atoms with E-state index in [-0.39, 0.29) is 6.61 Å². The van der Waals surface area contributed by atoms with E-state index in [1.165, 1.54) is 167 Å². The molecule has 1 heterocycles. The molecule has 0 aliphatic carbocycles. The van der Waals surface area contributed by atoms with Gasteiger partial charge in [0.1, 0.15) is 30.5 Å². The van der Waals surface area contributed by atoms with Gasteiger partial charge in [-0.15, -0.1) is 0 Å². The van der Waals surface area contributed by atoms with Crippen molar-refractivity contribution in [3.63, 3.8) is 0 Å². The Morgan fingerprint density at radius 2 is 0.939 bits per heavy atom. The third kappa shape index (κ3) is 34.4. The number of carbonyl (C=O) groups is 1. The van der Waals surface area contributed by atoms with Crippen molar-refractivity contribution >= 4 is 5.91 Å². The Labute approximate surface area is 404 Å². The molecule has 0 spiro atoms. The number of unbranched alkanes of at least 4 members (excludes halogenated alkanes) is 29. The highest BCUT2D eigenvalue weighted by Gasteiger charge is 2.44. The second-order valence-corrected chi connectivity index (χ2v) is 19.2. The topological polar surface area (TPSA) is 169 Å². The van der Waals surface area contributed by atoms with Gasteiger partial charge in [0, 0.05) is 0 Å². The number of hydrogen-bond donors (Lipinski definition) is 7. The van der Waals surface area contributed by atoms with Crippen LogP contribution in [0.4, 0.5) is 0 Å². The quantitative estimate of drug-likeness (QED) is 0.0232. The maximum Gasteiger partial charge on any atom is 0.249 e. The maximum absolute atomic E-state index is 13.1. The monoisotopic (exact) mass is 934 g/mol. The summed E-state index contributed by atoms with van der Waals surface area (Å²) in [5, 5.41) is 64.8. The van der Waals surface area contributed by atoms with E-state index in [2.05, 4.69) is 55.6 Å². The highest BCUT2D eigenvalue weighted by molar-refractivity contribution is 5.80. The molecule has 7 N–H and O–H groups in total. The van der Waals surface area contributed by atoms with Gasteiger partial charge in [-0.3, -0.25) is 4.79 Å². The summed E-state index contributed by atoms with van der Waals surface area (Å²) < 4.78 is 11.1. The zero-order valence-corrected chi connectivity index (χ0v) is 42.3. The molecule has 1 saturated heterocycles. The van der Waals surface area contributed by atoms with E-state index in [9.17, 15) is 35.4 Å². The largest absolute Gasteiger partial charge is 0.394 e. The molecule has 1 rings (SSSR count). The second-order valence-electron chi connectivity index (χ2n) is 19.2. The van der Waals surface area contributed by atoms with Gasteiger partial charge in [-0.05, 0) is 64.2 Å². The van der Waals surface area contributed by atoms with Crippen molar-refractivity contribution in [3.05, 3.63) is 48.6 Å². The van der Waals surface area contributed by atoms with E-state index < -0.39 is 61.5 Å². The van der Waals surface area contributed by atoms with Crippen LogP contribution in [-0.2, 0) is 14.3 Å². The van der Waals surface area contributed by atoms with Gasteiger partial charge in [-0.25, -0.2) is 0 Å². The zero-order chi connectivity index (χ0) is 48.1. The van der Waals surface area contributed by atoms with Crippen molar-refractivity contribution in [2.45, 2.75) is 288 Å². The van der Waals surface area contributed by atoms with Crippen LogP contribution in [0.15, 0.2) is 48.6 Å². The molecule has 0 aromatic heterocycles. The molecule has 8 unspecified atom stereocenters. The van der Waals surface area contributed by atoms with E-state index in [0.717, 1.165) is 38.5 Å². The molecule has 1 aliphatic rings. The number of aliphatic hydroxyl groups is 6. The van der Waals surface area contributed by atoms with E-state index in [0.29, 0.717) is 19.3 Å². The van der Waals surface area contributed by atoms with Crippen LogP contribution in [0.2, 0.25) is 0 Å². The van der Waals surface area contributed by atoms with Crippen LogP contribution in [0.3, 0.4) is 0 Å². The maximum atomic E-state index is 13.1. The molecule has 1 fully saturated rings. The number of allylic oxidation sites excluding steroid dienone is 7. The van der Waals surface area contributed by atoms with Gasteiger partial charge >= 0.3 is 0 Å². The molecule has 1 aliphatic heterocycles. The fraction of sp³-hybridized carbons (Fsp3) is 0.839. The smallest absolute Gasteiger partial charge is 0.249 e. The van der Waals surface area contributed by atoms with Gasteiger partial charge in [0.15, 0.2) is 6.29 Å². The highest BCUT2D eigenvalue weighted by atomic mass is 16.7. The molecule has 0 saturated carbocycles. The number of hydrogen-bond acceptors (Lipinski definition) is 9. The van der Waals surface area contributed by atoms with Gasteiger partial charge < -0.3 is 45.4 Å². The molecule has 8 atom stereocenters. The van der Waals surface area contributed by atoms with Crippen molar-refractivity contribution < 1.29 is 44.9 Å². The van der Waals surface area contributed by atoms with Gasteiger partial charge in [-0.1, -0.05) is 223 Å². The van der Waals surface area contributed by atoms with E-state index in [1.54, 1.807) is 6.08 Å². The summed E-state index contributed by atoms with van der Waals surface area (Å²) in [6.45, 7) is 3.59. The molecule has 0 aromatic carbocycles. The number of aliphatic hydroxyl groups excluding tert-OH is 6.